The molecule has 0 atom stereocenters. The fourth-order valence-corrected chi connectivity index (χ4v) is 1.25. The molecule has 0 aromatic heterocycles. The SMILES string of the molecule is Cl.Cl/C=C/CN1CCCOCC1. The van der Waals surface area contributed by atoms with Crippen molar-refractivity contribution in [2.45, 2.75) is 6.42 Å². The fraction of sp³-hybridized carbons (Fsp3) is 0.750. The molecule has 1 aliphatic heterocycles. The Morgan fingerprint density at radius 3 is 2.92 bits per heavy atom. The summed E-state index contributed by atoms with van der Waals surface area (Å²) >= 11 is 5.42. The minimum absolute atomic E-state index is 0. The lowest BCUT2D eigenvalue weighted by Gasteiger charge is -2.15. The van der Waals surface area contributed by atoms with E-state index in [1.165, 1.54) is 0 Å². The minimum Gasteiger partial charge on any atom is -0.380 e. The zero-order valence-electron chi connectivity index (χ0n) is 7.04. The van der Waals surface area contributed by atoms with Gasteiger partial charge in [-0.25, -0.2) is 0 Å². The Hall–Kier alpha value is 0.240. The molecule has 1 heterocycles. The summed E-state index contributed by atoms with van der Waals surface area (Å²) < 4.78 is 5.31. The minimum atomic E-state index is 0. The van der Waals surface area contributed by atoms with E-state index in [-0.39, 0.29) is 12.4 Å². The Bertz CT molecular complexity index is 122. The van der Waals surface area contributed by atoms with Gasteiger partial charge >= 0.3 is 0 Å². The van der Waals surface area contributed by atoms with E-state index < -0.39 is 0 Å². The molecule has 0 spiro atoms. The Labute approximate surface area is 84.9 Å². The van der Waals surface area contributed by atoms with Gasteiger partial charge in [-0.3, -0.25) is 4.90 Å². The predicted octanol–water partition coefficient (Wildman–Crippen LogP) is 1.88. The Kier molecular flexibility index (Phi) is 8.02. The monoisotopic (exact) mass is 211 g/mol. The molecule has 1 rings (SSSR count). The van der Waals surface area contributed by atoms with Gasteiger partial charge in [-0.05, 0) is 6.42 Å². The van der Waals surface area contributed by atoms with Crippen molar-refractivity contribution in [2.24, 2.45) is 0 Å². The van der Waals surface area contributed by atoms with Crippen LogP contribution in [0.4, 0.5) is 0 Å². The number of ether oxygens (including phenoxy) is 1. The number of nitrogens with zero attached hydrogens (tertiary/aromatic N) is 1. The molecule has 0 aliphatic carbocycles. The maximum Gasteiger partial charge on any atom is 0.0593 e. The molecule has 0 unspecified atom stereocenters. The molecule has 0 radical (unpaired) electrons. The molecule has 0 bridgehead atoms. The first-order valence-electron chi connectivity index (χ1n) is 3.99. The average Bonchev–Trinajstić information content (AvgIpc) is 2.28. The van der Waals surface area contributed by atoms with Gasteiger partial charge in [-0.2, -0.15) is 0 Å². The molecule has 0 N–H and O–H groups in total. The van der Waals surface area contributed by atoms with Crippen LogP contribution in [0.15, 0.2) is 11.6 Å². The van der Waals surface area contributed by atoms with Crippen molar-refractivity contribution < 1.29 is 4.74 Å². The van der Waals surface area contributed by atoms with Crippen LogP contribution in [0.5, 0.6) is 0 Å². The topological polar surface area (TPSA) is 12.5 Å². The van der Waals surface area contributed by atoms with Gasteiger partial charge in [0.2, 0.25) is 0 Å². The van der Waals surface area contributed by atoms with Gasteiger partial charge in [0, 0.05) is 31.8 Å². The molecular formula is C8H15Cl2NO. The van der Waals surface area contributed by atoms with Crippen molar-refractivity contribution in [3.8, 4) is 0 Å². The summed E-state index contributed by atoms with van der Waals surface area (Å²) in [5.74, 6) is 0. The summed E-state index contributed by atoms with van der Waals surface area (Å²) in [7, 11) is 0. The zero-order chi connectivity index (χ0) is 7.94. The predicted molar refractivity (Wildman–Crippen MR) is 54.1 cm³/mol. The lowest BCUT2D eigenvalue weighted by atomic mass is 10.4. The molecule has 1 fully saturated rings. The second kappa shape index (κ2) is 7.87. The number of rotatable bonds is 2. The smallest absolute Gasteiger partial charge is 0.0593 e. The van der Waals surface area contributed by atoms with Gasteiger partial charge in [-0.15, -0.1) is 12.4 Å². The van der Waals surface area contributed by atoms with Crippen molar-refractivity contribution in [1.82, 2.24) is 4.90 Å². The van der Waals surface area contributed by atoms with Crippen molar-refractivity contribution in [3.05, 3.63) is 11.6 Å². The lowest BCUT2D eigenvalue weighted by molar-refractivity contribution is 0.143. The van der Waals surface area contributed by atoms with Gasteiger partial charge < -0.3 is 4.74 Å². The van der Waals surface area contributed by atoms with Gasteiger partial charge in [0.15, 0.2) is 0 Å². The van der Waals surface area contributed by atoms with E-state index in [0.717, 1.165) is 39.3 Å². The van der Waals surface area contributed by atoms with Gasteiger partial charge in [0.25, 0.3) is 0 Å². The normalized spacial score (nSPS) is 20.4. The number of hydrogen-bond acceptors (Lipinski definition) is 2. The summed E-state index contributed by atoms with van der Waals surface area (Å²) in [6.07, 6.45) is 3.10. The Balaban J connectivity index is 0.00000121. The summed E-state index contributed by atoms with van der Waals surface area (Å²) in [5.41, 5.74) is 1.58. The highest BCUT2D eigenvalue weighted by Crippen LogP contribution is 1.98. The Morgan fingerprint density at radius 2 is 2.17 bits per heavy atom. The van der Waals surface area contributed by atoms with Crippen molar-refractivity contribution in [1.29, 1.82) is 0 Å². The maximum absolute atomic E-state index is 5.42. The van der Waals surface area contributed by atoms with Crippen LogP contribution in [0, 0.1) is 0 Å². The summed E-state index contributed by atoms with van der Waals surface area (Å²) in [4.78, 5) is 2.34. The first-order chi connectivity index (χ1) is 5.43. The van der Waals surface area contributed by atoms with E-state index in [1.54, 1.807) is 5.54 Å². The number of halogens is 2. The highest BCUT2D eigenvalue weighted by molar-refractivity contribution is 6.25. The molecule has 2 nitrogen and oxygen atoms in total. The van der Waals surface area contributed by atoms with E-state index in [4.69, 9.17) is 16.3 Å². The van der Waals surface area contributed by atoms with Gasteiger partial charge in [0.05, 0.1) is 6.61 Å². The second-order valence-electron chi connectivity index (χ2n) is 2.63. The summed E-state index contributed by atoms with van der Waals surface area (Å²) in [6, 6.07) is 0. The molecule has 0 amide bonds. The van der Waals surface area contributed by atoms with E-state index in [0.29, 0.717) is 0 Å². The van der Waals surface area contributed by atoms with Crippen LogP contribution in [0.3, 0.4) is 0 Å². The molecule has 12 heavy (non-hydrogen) atoms. The largest absolute Gasteiger partial charge is 0.380 e. The molecule has 72 valence electrons. The molecule has 1 aliphatic rings. The van der Waals surface area contributed by atoms with Gasteiger partial charge in [-0.1, -0.05) is 17.7 Å². The fourth-order valence-electron chi connectivity index (χ4n) is 1.17. The standard InChI is InChI=1S/C8H14ClNO.ClH/c9-3-1-4-10-5-2-7-11-8-6-10;/h1,3H,2,4-8H2;1H/b3-1+;. The lowest BCUT2D eigenvalue weighted by Crippen LogP contribution is -2.26. The maximum atomic E-state index is 5.42. The molecule has 0 saturated carbocycles. The van der Waals surface area contributed by atoms with Gasteiger partial charge in [0.1, 0.15) is 0 Å². The van der Waals surface area contributed by atoms with Crippen molar-refractivity contribution in [3.63, 3.8) is 0 Å². The van der Waals surface area contributed by atoms with Crippen LogP contribution >= 0.6 is 24.0 Å². The van der Waals surface area contributed by atoms with Crippen LogP contribution in [-0.2, 0) is 4.74 Å². The quantitative estimate of drug-likeness (QED) is 0.692. The molecule has 0 aromatic carbocycles. The highest BCUT2D eigenvalue weighted by atomic mass is 35.5. The summed E-state index contributed by atoms with van der Waals surface area (Å²) in [5, 5.41) is 0. The first kappa shape index (κ1) is 12.2. The second-order valence-corrected chi connectivity index (χ2v) is 2.88. The van der Waals surface area contributed by atoms with Crippen molar-refractivity contribution in [2.75, 3.05) is 32.8 Å². The van der Waals surface area contributed by atoms with E-state index in [9.17, 15) is 0 Å². The van der Waals surface area contributed by atoms with E-state index >= 15 is 0 Å². The first-order valence-corrected chi connectivity index (χ1v) is 4.42. The molecule has 4 heteroatoms. The average molecular weight is 212 g/mol. The summed E-state index contributed by atoms with van der Waals surface area (Å²) in [6.45, 7) is 4.87. The number of hydrogen-bond donors (Lipinski definition) is 0. The molecule has 0 aromatic rings. The zero-order valence-corrected chi connectivity index (χ0v) is 8.61. The Morgan fingerprint density at radius 1 is 1.33 bits per heavy atom. The highest BCUT2D eigenvalue weighted by Gasteiger charge is 2.05. The van der Waals surface area contributed by atoms with Crippen LogP contribution in [0.2, 0.25) is 0 Å². The van der Waals surface area contributed by atoms with Crippen molar-refractivity contribution >= 4 is 24.0 Å². The van der Waals surface area contributed by atoms with Crippen LogP contribution in [0.1, 0.15) is 6.42 Å². The van der Waals surface area contributed by atoms with Crippen LogP contribution < -0.4 is 0 Å². The molecule has 1 saturated heterocycles. The van der Waals surface area contributed by atoms with E-state index in [1.807, 2.05) is 6.08 Å². The van der Waals surface area contributed by atoms with Crippen LogP contribution in [0.25, 0.3) is 0 Å². The third kappa shape index (κ3) is 4.99. The van der Waals surface area contributed by atoms with Crippen LogP contribution in [-0.4, -0.2) is 37.7 Å². The third-order valence-corrected chi connectivity index (χ3v) is 1.95. The third-order valence-electron chi connectivity index (χ3n) is 1.77. The molecular weight excluding hydrogens is 197 g/mol. The van der Waals surface area contributed by atoms with E-state index in [2.05, 4.69) is 4.90 Å².